The third kappa shape index (κ3) is 6.70. The standard InChI is InChI=1S/C15H21NO3/c1-17-12-7-11-16-10-5-6-13-19-15-9-4-3-8-14(15)18-2/h3-4,8-9,16H,7,10-13H2,1-2H3/p+1. The van der Waals surface area contributed by atoms with E-state index in [4.69, 9.17) is 14.2 Å². The number of hydrogen-bond donors (Lipinski definition) is 1. The fraction of sp³-hybridized carbons (Fsp3) is 0.467. The van der Waals surface area contributed by atoms with Gasteiger partial charge >= 0.3 is 0 Å². The van der Waals surface area contributed by atoms with Crippen LogP contribution in [0, 0.1) is 11.8 Å². The molecular formula is C15H22NO3+. The topological polar surface area (TPSA) is 44.3 Å². The molecule has 4 nitrogen and oxygen atoms in total. The number of quaternary nitrogens is 1. The van der Waals surface area contributed by atoms with Crippen molar-refractivity contribution >= 4 is 0 Å². The number of methoxy groups -OCH3 is 2. The molecule has 0 aliphatic rings. The van der Waals surface area contributed by atoms with Crippen LogP contribution in [0.4, 0.5) is 0 Å². The third-order valence-electron chi connectivity index (χ3n) is 2.50. The van der Waals surface area contributed by atoms with E-state index in [1.165, 1.54) is 0 Å². The lowest BCUT2D eigenvalue weighted by atomic mass is 10.3. The Morgan fingerprint density at radius 2 is 1.89 bits per heavy atom. The predicted octanol–water partition coefficient (Wildman–Crippen LogP) is 0.677. The van der Waals surface area contributed by atoms with Crippen molar-refractivity contribution in [2.45, 2.75) is 6.42 Å². The molecule has 0 spiro atoms. The quantitative estimate of drug-likeness (QED) is 0.554. The van der Waals surface area contributed by atoms with Crippen molar-refractivity contribution in [3.63, 3.8) is 0 Å². The van der Waals surface area contributed by atoms with Crippen LogP contribution in [0.3, 0.4) is 0 Å². The molecule has 0 heterocycles. The maximum absolute atomic E-state index is 5.54. The number of para-hydroxylation sites is 2. The van der Waals surface area contributed by atoms with Gasteiger partial charge in [-0.15, -0.1) is 0 Å². The second-order valence-corrected chi connectivity index (χ2v) is 3.92. The molecular weight excluding hydrogens is 242 g/mol. The zero-order valence-corrected chi connectivity index (χ0v) is 11.6. The molecule has 0 radical (unpaired) electrons. The van der Waals surface area contributed by atoms with Crippen molar-refractivity contribution in [1.82, 2.24) is 0 Å². The van der Waals surface area contributed by atoms with Crippen molar-refractivity contribution in [2.75, 3.05) is 40.5 Å². The van der Waals surface area contributed by atoms with Crippen LogP contribution in [0.15, 0.2) is 24.3 Å². The summed E-state index contributed by atoms with van der Waals surface area (Å²) in [5, 5.41) is 2.16. The third-order valence-corrected chi connectivity index (χ3v) is 2.50. The lowest BCUT2D eigenvalue weighted by Crippen LogP contribution is -2.84. The number of rotatable bonds is 8. The van der Waals surface area contributed by atoms with Gasteiger partial charge in [-0.2, -0.15) is 0 Å². The van der Waals surface area contributed by atoms with Gasteiger partial charge < -0.3 is 19.5 Å². The van der Waals surface area contributed by atoms with E-state index >= 15 is 0 Å². The van der Waals surface area contributed by atoms with Crippen LogP contribution in [0.5, 0.6) is 11.5 Å². The molecule has 0 fully saturated rings. The molecule has 0 amide bonds. The lowest BCUT2D eigenvalue weighted by Gasteiger charge is -2.07. The largest absolute Gasteiger partial charge is 0.493 e. The number of ether oxygens (including phenoxy) is 3. The van der Waals surface area contributed by atoms with Crippen LogP contribution in [0.25, 0.3) is 0 Å². The highest BCUT2D eigenvalue weighted by Crippen LogP contribution is 2.25. The summed E-state index contributed by atoms with van der Waals surface area (Å²) in [6.07, 6.45) is 1.05. The molecule has 0 aromatic heterocycles. The minimum Gasteiger partial charge on any atom is -0.493 e. The molecule has 0 unspecified atom stereocenters. The first-order chi connectivity index (χ1) is 9.38. The van der Waals surface area contributed by atoms with E-state index in [-0.39, 0.29) is 0 Å². The normalized spacial score (nSPS) is 9.58. The average molecular weight is 264 g/mol. The summed E-state index contributed by atoms with van der Waals surface area (Å²) in [7, 11) is 3.35. The molecule has 0 aliphatic carbocycles. The predicted molar refractivity (Wildman–Crippen MR) is 74.4 cm³/mol. The number of benzene rings is 1. The van der Waals surface area contributed by atoms with E-state index in [2.05, 4.69) is 17.2 Å². The molecule has 0 saturated carbocycles. The summed E-state index contributed by atoms with van der Waals surface area (Å²) in [5.74, 6) is 7.50. The Labute approximate surface area is 115 Å². The Kier molecular flexibility index (Phi) is 8.28. The Bertz CT molecular complexity index is 409. The van der Waals surface area contributed by atoms with Crippen molar-refractivity contribution in [3.05, 3.63) is 24.3 Å². The van der Waals surface area contributed by atoms with Gasteiger partial charge in [-0.3, -0.25) is 0 Å². The second kappa shape index (κ2) is 10.2. The summed E-state index contributed by atoms with van der Waals surface area (Å²) < 4.78 is 15.7. The molecule has 1 rings (SSSR count). The van der Waals surface area contributed by atoms with E-state index in [9.17, 15) is 0 Å². The fourth-order valence-electron chi connectivity index (χ4n) is 1.52. The SMILES string of the molecule is COCCC[NH2+]CC#CCOc1ccccc1OC. The smallest absolute Gasteiger partial charge is 0.162 e. The van der Waals surface area contributed by atoms with Crippen LogP contribution in [-0.4, -0.2) is 40.5 Å². The highest BCUT2D eigenvalue weighted by atomic mass is 16.5. The van der Waals surface area contributed by atoms with E-state index in [1.54, 1.807) is 14.2 Å². The van der Waals surface area contributed by atoms with Gasteiger partial charge in [0, 0.05) is 13.5 Å². The summed E-state index contributed by atoms with van der Waals surface area (Å²) in [4.78, 5) is 0. The number of nitrogens with two attached hydrogens (primary N) is 1. The zero-order valence-electron chi connectivity index (χ0n) is 11.6. The maximum Gasteiger partial charge on any atom is 0.162 e. The Hall–Kier alpha value is -1.70. The summed E-state index contributed by atoms with van der Waals surface area (Å²) in [6, 6.07) is 7.56. The van der Waals surface area contributed by atoms with Gasteiger partial charge in [0.2, 0.25) is 0 Å². The van der Waals surface area contributed by atoms with E-state index < -0.39 is 0 Å². The molecule has 104 valence electrons. The van der Waals surface area contributed by atoms with Crippen LogP contribution in [-0.2, 0) is 4.74 Å². The van der Waals surface area contributed by atoms with E-state index in [1.807, 2.05) is 24.3 Å². The van der Waals surface area contributed by atoms with Gasteiger partial charge in [-0.1, -0.05) is 18.1 Å². The lowest BCUT2D eigenvalue weighted by molar-refractivity contribution is -0.644. The van der Waals surface area contributed by atoms with Gasteiger partial charge in [0.05, 0.1) is 20.3 Å². The first kappa shape index (κ1) is 15.4. The Morgan fingerprint density at radius 3 is 2.63 bits per heavy atom. The monoisotopic (exact) mass is 264 g/mol. The summed E-state index contributed by atoms with van der Waals surface area (Å²) >= 11 is 0. The minimum atomic E-state index is 0.381. The highest BCUT2D eigenvalue weighted by Gasteiger charge is 2.00. The summed E-state index contributed by atoms with van der Waals surface area (Å²) in [5.41, 5.74) is 0. The van der Waals surface area contributed by atoms with Crippen LogP contribution in [0.1, 0.15) is 6.42 Å². The highest BCUT2D eigenvalue weighted by molar-refractivity contribution is 5.39. The maximum atomic E-state index is 5.54. The fourth-order valence-corrected chi connectivity index (χ4v) is 1.52. The molecule has 2 N–H and O–H groups in total. The van der Waals surface area contributed by atoms with Crippen LogP contribution >= 0.6 is 0 Å². The van der Waals surface area contributed by atoms with Gasteiger partial charge in [0.1, 0.15) is 13.2 Å². The minimum absolute atomic E-state index is 0.381. The van der Waals surface area contributed by atoms with Crippen molar-refractivity contribution in [3.8, 4) is 23.3 Å². The molecule has 0 aliphatic heterocycles. The van der Waals surface area contributed by atoms with Crippen LogP contribution in [0.2, 0.25) is 0 Å². The first-order valence-electron chi connectivity index (χ1n) is 6.40. The molecule has 19 heavy (non-hydrogen) atoms. The van der Waals surface area contributed by atoms with E-state index in [0.717, 1.165) is 37.6 Å². The van der Waals surface area contributed by atoms with Gasteiger partial charge in [-0.05, 0) is 18.1 Å². The Morgan fingerprint density at radius 1 is 1.11 bits per heavy atom. The van der Waals surface area contributed by atoms with Crippen LogP contribution < -0.4 is 14.8 Å². The van der Waals surface area contributed by atoms with Crippen molar-refractivity contribution in [2.24, 2.45) is 0 Å². The zero-order chi connectivity index (χ0) is 13.8. The molecule has 4 heteroatoms. The molecule has 1 aromatic carbocycles. The molecule has 1 aromatic rings. The average Bonchev–Trinajstić information content (AvgIpc) is 2.46. The van der Waals surface area contributed by atoms with Crippen molar-refractivity contribution in [1.29, 1.82) is 0 Å². The van der Waals surface area contributed by atoms with E-state index in [0.29, 0.717) is 6.61 Å². The number of hydrogen-bond acceptors (Lipinski definition) is 3. The van der Waals surface area contributed by atoms with Gasteiger partial charge in [-0.25, -0.2) is 0 Å². The summed E-state index contributed by atoms with van der Waals surface area (Å²) in [6.45, 7) is 3.02. The first-order valence-corrected chi connectivity index (χ1v) is 6.40. The molecule has 0 saturated heterocycles. The molecule has 0 bridgehead atoms. The Balaban J connectivity index is 2.16. The van der Waals surface area contributed by atoms with Gasteiger partial charge in [0.25, 0.3) is 0 Å². The van der Waals surface area contributed by atoms with Gasteiger partial charge in [0.15, 0.2) is 11.5 Å². The van der Waals surface area contributed by atoms with Crippen molar-refractivity contribution < 1.29 is 19.5 Å². The molecule has 0 atom stereocenters. The second-order valence-electron chi connectivity index (χ2n) is 3.92.